The molecule has 154 valence electrons. The third kappa shape index (κ3) is 3.66. The van der Waals surface area contributed by atoms with Crippen molar-refractivity contribution in [1.82, 2.24) is 15.1 Å². The molecule has 1 saturated heterocycles. The van der Waals surface area contributed by atoms with E-state index in [2.05, 4.69) is 5.32 Å². The summed E-state index contributed by atoms with van der Waals surface area (Å²) in [6, 6.07) is 6.55. The van der Waals surface area contributed by atoms with Crippen LogP contribution >= 0.6 is 0 Å². The number of carbonyl (C=O) groups is 3. The summed E-state index contributed by atoms with van der Waals surface area (Å²) < 4.78 is 10.7. The third-order valence-electron chi connectivity index (χ3n) is 6.00. The first kappa shape index (κ1) is 19.3. The van der Waals surface area contributed by atoms with Crippen LogP contribution in [0.3, 0.4) is 0 Å². The standard InChI is InChI=1S/C21H25N3O5/c1-15-6-2-3-9-21(15)19(26)24(20(27)22-21)14-18(25)23(12-16-7-4-10-28-16)13-17-8-5-11-29-17/h4-5,7-8,10-11,15H,2-3,6,9,12-14H2,1H3,(H,22,27). The van der Waals surface area contributed by atoms with Crippen molar-refractivity contribution >= 4 is 17.8 Å². The first-order chi connectivity index (χ1) is 14.0. The van der Waals surface area contributed by atoms with E-state index in [1.165, 1.54) is 17.4 Å². The van der Waals surface area contributed by atoms with Crippen molar-refractivity contribution in [2.45, 2.75) is 51.2 Å². The Morgan fingerprint density at radius 2 is 1.83 bits per heavy atom. The van der Waals surface area contributed by atoms with E-state index in [0.29, 0.717) is 17.9 Å². The molecule has 1 N–H and O–H groups in total. The fourth-order valence-corrected chi connectivity index (χ4v) is 4.29. The van der Waals surface area contributed by atoms with Crippen molar-refractivity contribution in [1.29, 1.82) is 0 Å². The van der Waals surface area contributed by atoms with Crippen LogP contribution in [0.15, 0.2) is 45.6 Å². The number of furan rings is 2. The second-order valence-corrected chi connectivity index (χ2v) is 7.85. The van der Waals surface area contributed by atoms with Gasteiger partial charge in [0.2, 0.25) is 5.91 Å². The van der Waals surface area contributed by atoms with Gasteiger partial charge >= 0.3 is 6.03 Å². The Kier molecular flexibility index (Phi) is 5.17. The monoisotopic (exact) mass is 399 g/mol. The van der Waals surface area contributed by atoms with E-state index in [0.717, 1.165) is 24.2 Å². The zero-order valence-corrected chi connectivity index (χ0v) is 16.4. The number of rotatable bonds is 6. The second-order valence-electron chi connectivity index (χ2n) is 7.85. The third-order valence-corrected chi connectivity index (χ3v) is 6.00. The summed E-state index contributed by atoms with van der Waals surface area (Å²) in [6.45, 7) is 2.12. The Hall–Kier alpha value is -3.03. The highest BCUT2D eigenvalue weighted by atomic mass is 16.3. The number of urea groups is 1. The molecule has 0 bridgehead atoms. The Balaban J connectivity index is 1.50. The molecule has 29 heavy (non-hydrogen) atoms. The van der Waals surface area contributed by atoms with Gasteiger partial charge in [-0.25, -0.2) is 4.79 Å². The largest absolute Gasteiger partial charge is 0.467 e. The smallest absolute Gasteiger partial charge is 0.325 e. The molecule has 4 rings (SSSR count). The van der Waals surface area contributed by atoms with Gasteiger partial charge in [-0.15, -0.1) is 0 Å². The summed E-state index contributed by atoms with van der Waals surface area (Å²) in [6.07, 6.45) is 6.52. The molecule has 8 nitrogen and oxygen atoms in total. The molecular weight excluding hydrogens is 374 g/mol. The molecule has 0 aromatic carbocycles. The van der Waals surface area contributed by atoms with Crippen molar-refractivity contribution in [3.63, 3.8) is 0 Å². The second kappa shape index (κ2) is 7.77. The first-order valence-corrected chi connectivity index (χ1v) is 9.96. The van der Waals surface area contributed by atoms with Crippen LogP contribution < -0.4 is 5.32 Å². The summed E-state index contributed by atoms with van der Waals surface area (Å²) in [4.78, 5) is 41.4. The number of amides is 4. The van der Waals surface area contributed by atoms with Gasteiger partial charge in [-0.2, -0.15) is 0 Å². The highest BCUT2D eigenvalue weighted by Crippen LogP contribution is 2.38. The van der Waals surface area contributed by atoms with Gasteiger partial charge in [0.15, 0.2) is 0 Å². The van der Waals surface area contributed by atoms with Crippen LogP contribution in [-0.2, 0) is 22.7 Å². The number of nitrogens with one attached hydrogen (secondary N) is 1. The number of carbonyl (C=O) groups excluding carboxylic acids is 3. The normalized spacial score (nSPS) is 24.2. The molecule has 4 amide bonds. The van der Waals surface area contributed by atoms with Crippen LogP contribution in [-0.4, -0.2) is 39.7 Å². The molecule has 1 saturated carbocycles. The topological polar surface area (TPSA) is 96.0 Å². The molecule has 1 aliphatic carbocycles. The van der Waals surface area contributed by atoms with Gasteiger partial charge in [0, 0.05) is 0 Å². The predicted octanol–water partition coefficient (Wildman–Crippen LogP) is 2.90. The van der Waals surface area contributed by atoms with Gasteiger partial charge in [0.05, 0.1) is 25.6 Å². The number of hydrogen-bond acceptors (Lipinski definition) is 5. The Morgan fingerprint density at radius 3 is 2.38 bits per heavy atom. The van der Waals surface area contributed by atoms with Crippen LogP contribution in [0.4, 0.5) is 4.79 Å². The van der Waals surface area contributed by atoms with E-state index >= 15 is 0 Å². The van der Waals surface area contributed by atoms with Crippen LogP contribution in [0.25, 0.3) is 0 Å². The van der Waals surface area contributed by atoms with Gasteiger partial charge in [0.25, 0.3) is 5.91 Å². The average molecular weight is 399 g/mol. The van der Waals surface area contributed by atoms with Crippen molar-refractivity contribution in [2.24, 2.45) is 5.92 Å². The molecule has 8 heteroatoms. The lowest BCUT2D eigenvalue weighted by atomic mass is 9.73. The molecule has 2 aliphatic rings. The van der Waals surface area contributed by atoms with Crippen molar-refractivity contribution in [2.75, 3.05) is 6.54 Å². The fourth-order valence-electron chi connectivity index (χ4n) is 4.29. The van der Waals surface area contributed by atoms with Gasteiger partial charge < -0.3 is 19.1 Å². The molecule has 3 heterocycles. The minimum atomic E-state index is -0.873. The lowest BCUT2D eigenvalue weighted by molar-refractivity contribution is -0.141. The van der Waals surface area contributed by atoms with Crippen molar-refractivity contribution in [3.05, 3.63) is 48.3 Å². The van der Waals surface area contributed by atoms with E-state index in [9.17, 15) is 14.4 Å². The predicted molar refractivity (Wildman–Crippen MR) is 102 cm³/mol. The summed E-state index contributed by atoms with van der Waals surface area (Å²) in [5.74, 6) is 0.634. The highest BCUT2D eigenvalue weighted by Gasteiger charge is 2.55. The highest BCUT2D eigenvalue weighted by molar-refractivity contribution is 6.09. The van der Waals surface area contributed by atoms with E-state index in [-0.39, 0.29) is 37.4 Å². The maximum atomic E-state index is 13.1. The molecule has 2 fully saturated rings. The van der Waals surface area contributed by atoms with Gasteiger partial charge in [-0.3, -0.25) is 14.5 Å². The number of nitrogens with zero attached hydrogens (tertiary/aromatic N) is 2. The molecule has 2 atom stereocenters. The minimum Gasteiger partial charge on any atom is -0.467 e. The quantitative estimate of drug-likeness (QED) is 0.754. The Morgan fingerprint density at radius 1 is 1.17 bits per heavy atom. The number of hydrogen-bond donors (Lipinski definition) is 1. The zero-order chi connectivity index (χ0) is 20.4. The molecule has 1 aliphatic heterocycles. The fraction of sp³-hybridized carbons (Fsp3) is 0.476. The maximum absolute atomic E-state index is 13.1. The summed E-state index contributed by atoms with van der Waals surface area (Å²) in [5.41, 5.74) is -0.873. The van der Waals surface area contributed by atoms with Gasteiger partial charge in [0.1, 0.15) is 23.6 Å². The Labute approximate surface area is 168 Å². The van der Waals surface area contributed by atoms with E-state index in [1.807, 2.05) is 6.92 Å². The van der Waals surface area contributed by atoms with Crippen molar-refractivity contribution < 1.29 is 23.2 Å². The maximum Gasteiger partial charge on any atom is 0.325 e. The van der Waals surface area contributed by atoms with Crippen LogP contribution in [0, 0.1) is 5.92 Å². The average Bonchev–Trinajstić information content (AvgIpc) is 3.44. The van der Waals surface area contributed by atoms with Crippen LogP contribution in [0.2, 0.25) is 0 Å². The zero-order valence-electron chi connectivity index (χ0n) is 16.4. The Bertz CT molecular complexity index is 840. The molecule has 0 radical (unpaired) electrons. The molecule has 2 aromatic rings. The van der Waals surface area contributed by atoms with E-state index in [1.54, 1.807) is 24.3 Å². The minimum absolute atomic E-state index is 0.0511. The first-order valence-electron chi connectivity index (χ1n) is 9.96. The lowest BCUT2D eigenvalue weighted by Gasteiger charge is -2.36. The van der Waals surface area contributed by atoms with E-state index in [4.69, 9.17) is 8.83 Å². The summed E-state index contributed by atoms with van der Waals surface area (Å²) in [7, 11) is 0. The van der Waals surface area contributed by atoms with Gasteiger partial charge in [-0.05, 0) is 43.0 Å². The van der Waals surface area contributed by atoms with Crippen LogP contribution in [0.1, 0.15) is 44.1 Å². The summed E-state index contributed by atoms with van der Waals surface area (Å²) >= 11 is 0. The molecule has 1 spiro atoms. The molecule has 2 aromatic heterocycles. The van der Waals surface area contributed by atoms with Crippen molar-refractivity contribution in [3.8, 4) is 0 Å². The molecular formula is C21H25N3O5. The SMILES string of the molecule is CC1CCCCC12NC(=O)N(CC(=O)N(Cc1ccco1)Cc1ccco1)C2=O. The van der Waals surface area contributed by atoms with Gasteiger partial charge in [-0.1, -0.05) is 19.8 Å². The molecule has 2 unspecified atom stereocenters. The lowest BCUT2D eigenvalue weighted by Crippen LogP contribution is -2.54. The van der Waals surface area contributed by atoms with E-state index < -0.39 is 11.6 Å². The van der Waals surface area contributed by atoms with Crippen LogP contribution in [0.5, 0.6) is 0 Å². The summed E-state index contributed by atoms with van der Waals surface area (Å²) in [5, 5.41) is 2.88. The number of imide groups is 1.